The molecule has 0 aromatic carbocycles. The van der Waals surface area contributed by atoms with E-state index < -0.39 is 10.0 Å². The maximum Gasteiger partial charge on any atom is 0.228 e. The predicted molar refractivity (Wildman–Crippen MR) is 66.6 cm³/mol. The van der Waals surface area contributed by atoms with Crippen LogP contribution in [0.5, 0.6) is 0 Å². The summed E-state index contributed by atoms with van der Waals surface area (Å²) in [5.41, 5.74) is 0. The molecule has 0 saturated carbocycles. The lowest BCUT2D eigenvalue weighted by Crippen LogP contribution is -2.57. The number of carbonyl (C=O) groups excluding carboxylic acids is 1. The van der Waals surface area contributed by atoms with Gasteiger partial charge in [-0.1, -0.05) is 0 Å². The van der Waals surface area contributed by atoms with Gasteiger partial charge in [-0.25, -0.2) is 8.42 Å². The molecule has 0 aromatic heterocycles. The molecule has 17 heavy (non-hydrogen) atoms. The van der Waals surface area contributed by atoms with Crippen LogP contribution in [0.1, 0.15) is 0 Å². The molecule has 0 atom stereocenters. The number of halogens is 1. The van der Waals surface area contributed by atoms with Crippen LogP contribution in [0.4, 0.5) is 0 Å². The molecule has 8 heteroatoms. The van der Waals surface area contributed by atoms with E-state index in [-0.39, 0.29) is 24.2 Å². The van der Waals surface area contributed by atoms with Crippen molar-refractivity contribution in [2.45, 2.75) is 0 Å². The van der Waals surface area contributed by atoms with Gasteiger partial charge in [-0.15, -0.1) is 12.4 Å². The molecule has 1 N–H and O–H groups in total. The van der Waals surface area contributed by atoms with E-state index in [0.29, 0.717) is 26.2 Å². The van der Waals surface area contributed by atoms with E-state index in [0.717, 1.165) is 13.1 Å². The molecule has 0 unspecified atom stereocenters. The monoisotopic (exact) mass is 283 g/mol. The zero-order chi connectivity index (χ0) is 11.8. The molecule has 2 aliphatic rings. The Morgan fingerprint density at radius 2 is 1.71 bits per heavy atom. The highest BCUT2D eigenvalue weighted by atomic mass is 35.5. The molecule has 1 amide bonds. The van der Waals surface area contributed by atoms with Crippen molar-refractivity contribution in [3.63, 3.8) is 0 Å². The van der Waals surface area contributed by atoms with Crippen molar-refractivity contribution in [2.24, 2.45) is 5.92 Å². The molecule has 2 rings (SSSR count). The van der Waals surface area contributed by atoms with Crippen LogP contribution in [0.3, 0.4) is 0 Å². The van der Waals surface area contributed by atoms with Crippen LogP contribution in [-0.2, 0) is 14.8 Å². The first-order valence-corrected chi connectivity index (χ1v) is 7.28. The van der Waals surface area contributed by atoms with Gasteiger partial charge in [0, 0.05) is 39.3 Å². The van der Waals surface area contributed by atoms with E-state index in [9.17, 15) is 13.2 Å². The Morgan fingerprint density at radius 3 is 2.06 bits per heavy atom. The van der Waals surface area contributed by atoms with E-state index in [2.05, 4.69) is 5.32 Å². The van der Waals surface area contributed by atoms with Crippen LogP contribution in [0.2, 0.25) is 0 Å². The van der Waals surface area contributed by atoms with Crippen molar-refractivity contribution in [3.05, 3.63) is 0 Å². The normalized spacial score (nSPS) is 22.8. The van der Waals surface area contributed by atoms with E-state index >= 15 is 0 Å². The van der Waals surface area contributed by atoms with Gasteiger partial charge in [-0.2, -0.15) is 4.31 Å². The standard InChI is InChI=1S/C9H17N3O3S.ClH/c1-16(14,15)12-4-2-11(3-5-12)9(13)8-6-10-7-8;/h8,10H,2-7H2,1H3;1H. The summed E-state index contributed by atoms with van der Waals surface area (Å²) in [5, 5.41) is 3.06. The molecule has 0 spiro atoms. The first-order chi connectivity index (χ1) is 7.48. The van der Waals surface area contributed by atoms with Crippen LogP contribution in [0, 0.1) is 5.92 Å². The lowest BCUT2D eigenvalue weighted by molar-refractivity contribution is -0.138. The SMILES string of the molecule is CS(=O)(=O)N1CCN(C(=O)C2CNC2)CC1.Cl. The van der Waals surface area contributed by atoms with Crippen molar-refractivity contribution < 1.29 is 13.2 Å². The third-order valence-corrected chi connectivity index (χ3v) is 4.45. The van der Waals surface area contributed by atoms with Gasteiger partial charge in [0.1, 0.15) is 0 Å². The summed E-state index contributed by atoms with van der Waals surface area (Å²) in [6.07, 6.45) is 1.21. The Morgan fingerprint density at radius 1 is 1.18 bits per heavy atom. The van der Waals surface area contributed by atoms with Crippen molar-refractivity contribution in [1.82, 2.24) is 14.5 Å². The van der Waals surface area contributed by atoms with Crippen LogP contribution in [-0.4, -0.2) is 69.1 Å². The number of nitrogens with zero attached hydrogens (tertiary/aromatic N) is 2. The maximum absolute atomic E-state index is 11.9. The molecule has 6 nitrogen and oxygen atoms in total. The van der Waals surface area contributed by atoms with E-state index in [1.54, 1.807) is 4.90 Å². The average molecular weight is 284 g/mol. The number of sulfonamides is 1. The molecule has 0 radical (unpaired) electrons. The van der Waals surface area contributed by atoms with Crippen LogP contribution in [0.25, 0.3) is 0 Å². The zero-order valence-corrected chi connectivity index (χ0v) is 11.4. The van der Waals surface area contributed by atoms with Crippen LogP contribution >= 0.6 is 12.4 Å². The van der Waals surface area contributed by atoms with E-state index in [1.165, 1.54) is 10.6 Å². The highest BCUT2D eigenvalue weighted by Gasteiger charge is 2.32. The summed E-state index contributed by atoms with van der Waals surface area (Å²) < 4.78 is 24.0. The smallest absolute Gasteiger partial charge is 0.228 e. The van der Waals surface area contributed by atoms with Crippen LogP contribution in [0.15, 0.2) is 0 Å². The van der Waals surface area contributed by atoms with Gasteiger partial charge in [0.25, 0.3) is 0 Å². The van der Waals surface area contributed by atoms with Gasteiger partial charge < -0.3 is 10.2 Å². The second kappa shape index (κ2) is 5.51. The number of hydrogen-bond donors (Lipinski definition) is 1. The maximum atomic E-state index is 11.9. The molecule has 0 aliphatic carbocycles. The van der Waals surface area contributed by atoms with Gasteiger partial charge in [-0.3, -0.25) is 4.79 Å². The summed E-state index contributed by atoms with van der Waals surface area (Å²) in [4.78, 5) is 13.6. The minimum Gasteiger partial charge on any atom is -0.340 e. The summed E-state index contributed by atoms with van der Waals surface area (Å²) in [7, 11) is -3.10. The highest BCUT2D eigenvalue weighted by molar-refractivity contribution is 7.88. The molecule has 2 aliphatic heterocycles. The Balaban J connectivity index is 0.00000144. The van der Waals surface area contributed by atoms with Gasteiger partial charge in [0.15, 0.2) is 0 Å². The lowest BCUT2D eigenvalue weighted by Gasteiger charge is -2.37. The van der Waals surface area contributed by atoms with Crippen molar-refractivity contribution >= 4 is 28.3 Å². The average Bonchev–Trinajstić information content (AvgIpc) is 2.14. The second-order valence-electron chi connectivity index (χ2n) is 4.34. The van der Waals surface area contributed by atoms with Crippen molar-refractivity contribution in [1.29, 1.82) is 0 Å². The van der Waals surface area contributed by atoms with Crippen molar-refractivity contribution in [2.75, 3.05) is 45.5 Å². The minimum atomic E-state index is -3.10. The van der Waals surface area contributed by atoms with Gasteiger partial charge in [0.05, 0.1) is 12.2 Å². The molecular weight excluding hydrogens is 266 g/mol. The second-order valence-corrected chi connectivity index (χ2v) is 6.32. The lowest BCUT2D eigenvalue weighted by atomic mass is 10.0. The van der Waals surface area contributed by atoms with Crippen molar-refractivity contribution in [3.8, 4) is 0 Å². The van der Waals surface area contributed by atoms with Crippen LogP contribution < -0.4 is 5.32 Å². The van der Waals surface area contributed by atoms with E-state index in [1.807, 2.05) is 0 Å². The Bertz CT molecular complexity index is 375. The number of amides is 1. The quantitative estimate of drug-likeness (QED) is 0.686. The molecule has 2 fully saturated rings. The summed E-state index contributed by atoms with van der Waals surface area (Å²) in [6.45, 7) is 3.39. The largest absolute Gasteiger partial charge is 0.340 e. The molecular formula is C9H18ClN3O3S. The first kappa shape index (κ1) is 14.7. The highest BCUT2D eigenvalue weighted by Crippen LogP contribution is 2.12. The molecule has 2 heterocycles. The summed E-state index contributed by atoms with van der Waals surface area (Å²) >= 11 is 0. The fourth-order valence-corrected chi connectivity index (χ4v) is 2.79. The molecule has 2 saturated heterocycles. The van der Waals surface area contributed by atoms with Gasteiger partial charge in [0.2, 0.25) is 15.9 Å². The first-order valence-electron chi connectivity index (χ1n) is 5.43. The minimum absolute atomic E-state index is 0. The van der Waals surface area contributed by atoms with Gasteiger partial charge >= 0.3 is 0 Å². The number of carbonyl (C=O) groups is 1. The summed E-state index contributed by atoms with van der Waals surface area (Å²) in [5.74, 6) is 0.261. The predicted octanol–water partition coefficient (Wildman–Crippen LogP) is -1.27. The zero-order valence-electron chi connectivity index (χ0n) is 9.76. The topological polar surface area (TPSA) is 69.7 Å². The number of piperazine rings is 1. The molecule has 100 valence electrons. The fraction of sp³-hybridized carbons (Fsp3) is 0.889. The number of rotatable bonds is 2. The number of nitrogens with one attached hydrogen (secondary N) is 1. The fourth-order valence-electron chi connectivity index (χ4n) is 1.96. The third-order valence-electron chi connectivity index (χ3n) is 3.15. The molecule has 0 aromatic rings. The summed E-state index contributed by atoms with van der Waals surface area (Å²) in [6, 6.07) is 0. The Hall–Kier alpha value is -0.370. The number of hydrogen-bond acceptors (Lipinski definition) is 4. The Kier molecular flexibility index (Phi) is 4.77. The third kappa shape index (κ3) is 3.31. The Labute approximate surface area is 108 Å². The van der Waals surface area contributed by atoms with E-state index in [4.69, 9.17) is 0 Å². The molecule has 0 bridgehead atoms. The van der Waals surface area contributed by atoms with Gasteiger partial charge in [-0.05, 0) is 0 Å².